The van der Waals surface area contributed by atoms with Gasteiger partial charge in [0.05, 0.1) is 0 Å². The zero-order valence-corrected chi connectivity index (χ0v) is 10.3. The minimum Gasteiger partial charge on any atom is -0.354 e. The highest BCUT2D eigenvalue weighted by Gasteiger charge is 2.16. The SMILES string of the molecule is Cc1cnc(NCC(C)N2CCCCC2)[nH]1. The number of anilines is 1. The second kappa shape index (κ2) is 5.34. The molecule has 0 amide bonds. The second-order valence-electron chi connectivity index (χ2n) is 4.74. The van der Waals surface area contributed by atoms with Gasteiger partial charge in [0.15, 0.2) is 5.95 Å². The monoisotopic (exact) mass is 222 g/mol. The number of nitrogens with one attached hydrogen (secondary N) is 2. The summed E-state index contributed by atoms with van der Waals surface area (Å²) in [5.74, 6) is 0.890. The van der Waals surface area contributed by atoms with E-state index in [2.05, 4.69) is 27.1 Å². The quantitative estimate of drug-likeness (QED) is 0.819. The summed E-state index contributed by atoms with van der Waals surface area (Å²) in [6.07, 6.45) is 5.95. The van der Waals surface area contributed by atoms with Crippen LogP contribution in [-0.4, -0.2) is 40.5 Å². The van der Waals surface area contributed by atoms with Crippen LogP contribution in [0.25, 0.3) is 0 Å². The van der Waals surface area contributed by atoms with Gasteiger partial charge < -0.3 is 10.3 Å². The van der Waals surface area contributed by atoms with Crippen LogP contribution in [0.1, 0.15) is 31.9 Å². The number of aromatic amines is 1. The Labute approximate surface area is 97.4 Å². The van der Waals surface area contributed by atoms with Crippen molar-refractivity contribution in [1.29, 1.82) is 0 Å². The lowest BCUT2D eigenvalue weighted by Crippen LogP contribution is -2.41. The lowest BCUT2D eigenvalue weighted by atomic mass is 10.1. The van der Waals surface area contributed by atoms with Crippen LogP contribution in [0, 0.1) is 6.92 Å². The number of rotatable bonds is 4. The number of aryl methyl sites for hydroxylation is 1. The Morgan fingerprint density at radius 2 is 2.19 bits per heavy atom. The van der Waals surface area contributed by atoms with E-state index in [1.807, 2.05) is 13.1 Å². The predicted octanol–water partition coefficient (Wildman–Crippen LogP) is 2.00. The summed E-state index contributed by atoms with van der Waals surface area (Å²) >= 11 is 0. The van der Waals surface area contributed by atoms with Crippen LogP contribution in [0.4, 0.5) is 5.95 Å². The van der Waals surface area contributed by atoms with Crippen LogP contribution in [0.3, 0.4) is 0 Å². The molecule has 4 nitrogen and oxygen atoms in total. The molecule has 2 heterocycles. The van der Waals surface area contributed by atoms with E-state index < -0.39 is 0 Å². The molecule has 0 aromatic carbocycles. The molecular weight excluding hydrogens is 200 g/mol. The molecule has 0 bridgehead atoms. The van der Waals surface area contributed by atoms with Gasteiger partial charge in [-0.1, -0.05) is 6.42 Å². The number of nitrogens with zero attached hydrogens (tertiary/aromatic N) is 2. The molecule has 1 atom stereocenters. The molecule has 1 aromatic rings. The molecule has 1 aromatic heterocycles. The van der Waals surface area contributed by atoms with Crippen molar-refractivity contribution >= 4 is 5.95 Å². The first kappa shape index (κ1) is 11.5. The first-order chi connectivity index (χ1) is 7.75. The van der Waals surface area contributed by atoms with Crippen LogP contribution in [0.2, 0.25) is 0 Å². The van der Waals surface area contributed by atoms with Crippen molar-refractivity contribution in [2.75, 3.05) is 25.0 Å². The fourth-order valence-electron chi connectivity index (χ4n) is 2.24. The number of imidazole rings is 1. The molecule has 1 fully saturated rings. The zero-order valence-electron chi connectivity index (χ0n) is 10.3. The predicted molar refractivity (Wildman–Crippen MR) is 66.7 cm³/mol. The van der Waals surface area contributed by atoms with Crippen LogP contribution >= 0.6 is 0 Å². The van der Waals surface area contributed by atoms with Crippen molar-refractivity contribution in [2.45, 2.75) is 39.2 Å². The van der Waals surface area contributed by atoms with E-state index in [0.717, 1.165) is 18.2 Å². The van der Waals surface area contributed by atoms with Crippen LogP contribution in [0.15, 0.2) is 6.20 Å². The van der Waals surface area contributed by atoms with Gasteiger partial charge in [-0.3, -0.25) is 4.90 Å². The molecule has 1 aliphatic rings. The van der Waals surface area contributed by atoms with Gasteiger partial charge >= 0.3 is 0 Å². The van der Waals surface area contributed by atoms with Gasteiger partial charge in [-0.05, 0) is 39.8 Å². The maximum atomic E-state index is 4.25. The van der Waals surface area contributed by atoms with E-state index in [0.29, 0.717) is 6.04 Å². The summed E-state index contributed by atoms with van der Waals surface area (Å²) in [7, 11) is 0. The number of hydrogen-bond donors (Lipinski definition) is 2. The van der Waals surface area contributed by atoms with Crippen LogP contribution in [0.5, 0.6) is 0 Å². The fraction of sp³-hybridized carbons (Fsp3) is 0.750. The minimum atomic E-state index is 0.589. The maximum Gasteiger partial charge on any atom is 0.200 e. The Morgan fingerprint density at radius 1 is 1.44 bits per heavy atom. The van der Waals surface area contributed by atoms with Crippen LogP contribution in [-0.2, 0) is 0 Å². The van der Waals surface area contributed by atoms with Gasteiger partial charge in [0, 0.05) is 24.5 Å². The van der Waals surface area contributed by atoms with E-state index in [4.69, 9.17) is 0 Å². The van der Waals surface area contributed by atoms with Gasteiger partial charge in [0.1, 0.15) is 0 Å². The second-order valence-corrected chi connectivity index (χ2v) is 4.74. The van der Waals surface area contributed by atoms with Gasteiger partial charge in [-0.2, -0.15) is 0 Å². The van der Waals surface area contributed by atoms with Gasteiger partial charge in [-0.15, -0.1) is 0 Å². The first-order valence-electron chi connectivity index (χ1n) is 6.25. The van der Waals surface area contributed by atoms with E-state index in [-0.39, 0.29) is 0 Å². The average Bonchev–Trinajstić information content (AvgIpc) is 2.73. The Balaban J connectivity index is 1.76. The van der Waals surface area contributed by atoms with Crippen molar-refractivity contribution < 1.29 is 0 Å². The fourth-order valence-corrected chi connectivity index (χ4v) is 2.24. The molecule has 1 unspecified atom stereocenters. The Morgan fingerprint density at radius 3 is 2.81 bits per heavy atom. The van der Waals surface area contributed by atoms with Gasteiger partial charge in [-0.25, -0.2) is 4.98 Å². The van der Waals surface area contributed by atoms with Crippen molar-refractivity contribution in [3.8, 4) is 0 Å². The van der Waals surface area contributed by atoms with Crippen molar-refractivity contribution in [3.05, 3.63) is 11.9 Å². The zero-order chi connectivity index (χ0) is 11.4. The Kier molecular flexibility index (Phi) is 3.83. The Bertz CT molecular complexity index is 315. The molecule has 90 valence electrons. The molecule has 0 spiro atoms. The normalized spacial score (nSPS) is 19.6. The van der Waals surface area contributed by atoms with Crippen LogP contribution < -0.4 is 5.32 Å². The molecule has 1 saturated heterocycles. The van der Waals surface area contributed by atoms with E-state index in [1.54, 1.807) is 0 Å². The topological polar surface area (TPSA) is 44.0 Å². The summed E-state index contributed by atoms with van der Waals surface area (Å²) < 4.78 is 0. The number of likely N-dealkylation sites (tertiary alicyclic amines) is 1. The average molecular weight is 222 g/mol. The lowest BCUT2D eigenvalue weighted by molar-refractivity contribution is 0.180. The van der Waals surface area contributed by atoms with Gasteiger partial charge in [0.2, 0.25) is 0 Å². The summed E-state index contributed by atoms with van der Waals surface area (Å²) in [5, 5.41) is 3.35. The highest BCUT2D eigenvalue weighted by Crippen LogP contribution is 2.12. The minimum absolute atomic E-state index is 0.589. The highest BCUT2D eigenvalue weighted by atomic mass is 15.2. The van der Waals surface area contributed by atoms with E-state index >= 15 is 0 Å². The molecule has 2 N–H and O–H groups in total. The largest absolute Gasteiger partial charge is 0.354 e. The number of hydrogen-bond acceptors (Lipinski definition) is 3. The molecule has 1 aliphatic heterocycles. The third-order valence-corrected chi connectivity index (χ3v) is 3.28. The third kappa shape index (κ3) is 2.98. The summed E-state index contributed by atoms with van der Waals surface area (Å²) in [6, 6.07) is 0.589. The standard InChI is InChI=1S/C12H22N4/c1-10-8-13-12(15-10)14-9-11(2)16-6-4-3-5-7-16/h8,11H,3-7,9H2,1-2H3,(H2,13,14,15). The molecule has 0 saturated carbocycles. The highest BCUT2D eigenvalue weighted by molar-refractivity contribution is 5.25. The molecule has 0 aliphatic carbocycles. The lowest BCUT2D eigenvalue weighted by Gasteiger charge is -2.32. The van der Waals surface area contributed by atoms with Crippen molar-refractivity contribution in [3.63, 3.8) is 0 Å². The number of H-pyrrole nitrogens is 1. The van der Waals surface area contributed by atoms with Crippen molar-refractivity contribution in [2.24, 2.45) is 0 Å². The summed E-state index contributed by atoms with van der Waals surface area (Å²) in [5.41, 5.74) is 1.10. The smallest absolute Gasteiger partial charge is 0.200 e. The van der Waals surface area contributed by atoms with Crippen molar-refractivity contribution in [1.82, 2.24) is 14.9 Å². The molecule has 4 heteroatoms. The molecular formula is C12H22N4. The summed E-state index contributed by atoms with van der Waals surface area (Å²) in [4.78, 5) is 10.0. The summed E-state index contributed by atoms with van der Waals surface area (Å²) in [6.45, 7) is 7.77. The van der Waals surface area contributed by atoms with Gasteiger partial charge in [0.25, 0.3) is 0 Å². The third-order valence-electron chi connectivity index (χ3n) is 3.28. The molecule has 2 rings (SSSR count). The van der Waals surface area contributed by atoms with E-state index in [1.165, 1.54) is 32.4 Å². The first-order valence-corrected chi connectivity index (χ1v) is 6.25. The van der Waals surface area contributed by atoms with E-state index in [9.17, 15) is 0 Å². The molecule has 16 heavy (non-hydrogen) atoms. The molecule has 0 radical (unpaired) electrons. The maximum absolute atomic E-state index is 4.25. The number of aromatic nitrogens is 2. The number of piperidine rings is 1. The Hall–Kier alpha value is -1.03.